The van der Waals surface area contributed by atoms with Gasteiger partial charge in [0.15, 0.2) is 0 Å². The summed E-state index contributed by atoms with van der Waals surface area (Å²) < 4.78 is 11.9. The summed E-state index contributed by atoms with van der Waals surface area (Å²) in [6.07, 6.45) is 3.07. The van der Waals surface area contributed by atoms with Gasteiger partial charge in [-0.2, -0.15) is 0 Å². The lowest BCUT2D eigenvalue weighted by Crippen LogP contribution is -2.62. The molecule has 1 aromatic heterocycles. The van der Waals surface area contributed by atoms with Gasteiger partial charge in [0.25, 0.3) is 11.1 Å². The predicted octanol–water partition coefficient (Wildman–Crippen LogP) is 5.11. The number of ketones is 1. The predicted molar refractivity (Wildman–Crippen MR) is 156 cm³/mol. The number of Topliss-reactive ketones (excluding diaryl/α,β-unsaturated/α-hetero) is 1. The SMILES string of the molecule is CC(C)CC(NC(=O)C1(NC(=O)Oc2ccc(Br)cc2)CCCCC1)C(=O)c1nnc(SCCN(C)C)o1.Cl. The van der Waals surface area contributed by atoms with E-state index in [0.717, 1.165) is 36.0 Å². The third kappa shape index (κ3) is 10.1. The lowest BCUT2D eigenvalue weighted by Gasteiger charge is -2.37. The number of nitrogens with zero attached hydrogens (tertiary/aromatic N) is 3. The van der Waals surface area contributed by atoms with Crippen molar-refractivity contribution in [3.63, 3.8) is 0 Å². The summed E-state index contributed by atoms with van der Waals surface area (Å²) in [6.45, 7) is 4.75. The zero-order valence-electron chi connectivity index (χ0n) is 22.7. The first-order valence-electron chi connectivity index (χ1n) is 12.8. The highest BCUT2D eigenvalue weighted by Crippen LogP contribution is 2.30. The van der Waals surface area contributed by atoms with Crippen molar-refractivity contribution < 1.29 is 23.5 Å². The highest BCUT2D eigenvalue weighted by Gasteiger charge is 2.43. The lowest BCUT2D eigenvalue weighted by atomic mass is 9.80. The number of aromatic nitrogens is 2. The molecule has 0 bridgehead atoms. The molecule has 39 heavy (non-hydrogen) atoms. The monoisotopic (exact) mass is 645 g/mol. The number of halogens is 2. The molecular weight excluding hydrogens is 610 g/mol. The molecule has 0 spiro atoms. The molecule has 10 nitrogen and oxygen atoms in total. The third-order valence-electron chi connectivity index (χ3n) is 6.22. The number of amides is 2. The molecule has 0 aliphatic heterocycles. The molecule has 0 radical (unpaired) electrons. The molecule has 1 saturated carbocycles. The van der Waals surface area contributed by atoms with Crippen LogP contribution >= 0.6 is 40.1 Å². The van der Waals surface area contributed by atoms with Crippen molar-refractivity contribution in [3.05, 3.63) is 34.6 Å². The van der Waals surface area contributed by atoms with Crippen molar-refractivity contribution in [1.29, 1.82) is 0 Å². The first kappa shape index (κ1) is 33.1. The molecule has 1 aliphatic carbocycles. The minimum absolute atomic E-state index is 0. The van der Waals surface area contributed by atoms with Crippen LogP contribution in [-0.4, -0.2) is 70.9 Å². The zero-order valence-corrected chi connectivity index (χ0v) is 25.9. The number of ether oxygens (including phenoxy) is 1. The summed E-state index contributed by atoms with van der Waals surface area (Å²) in [5.41, 5.74) is -1.18. The molecule has 13 heteroatoms. The quantitative estimate of drug-likeness (QED) is 0.239. The molecule has 2 aromatic rings. The number of carbonyl (C=O) groups excluding carboxylic acids is 3. The van der Waals surface area contributed by atoms with Gasteiger partial charge in [-0.1, -0.05) is 60.8 Å². The number of thioether (sulfide) groups is 1. The Morgan fingerprint density at radius 3 is 2.41 bits per heavy atom. The summed E-state index contributed by atoms with van der Waals surface area (Å²) in [7, 11) is 3.94. The Morgan fingerprint density at radius 1 is 1.13 bits per heavy atom. The van der Waals surface area contributed by atoms with Gasteiger partial charge in [0.2, 0.25) is 11.7 Å². The van der Waals surface area contributed by atoms with E-state index in [9.17, 15) is 14.4 Å². The van der Waals surface area contributed by atoms with E-state index in [1.165, 1.54) is 11.8 Å². The van der Waals surface area contributed by atoms with Crippen LogP contribution in [0.25, 0.3) is 0 Å². The third-order valence-corrected chi connectivity index (χ3v) is 7.54. The standard InChI is InChI=1S/C26H36BrN5O5S.ClH/c1-17(2)16-20(21(33)22-30-31-25(37-22)38-15-14-32(3)4)28-23(34)26(12-6-5-7-13-26)29-24(35)36-19-10-8-18(27)9-11-19;/h8-11,17,20H,5-7,12-16H2,1-4H3,(H,28,34)(H,29,35);1H. The zero-order chi connectivity index (χ0) is 27.7. The van der Waals surface area contributed by atoms with Crippen molar-refractivity contribution in [2.75, 3.05) is 26.4 Å². The van der Waals surface area contributed by atoms with E-state index < -0.39 is 29.4 Å². The van der Waals surface area contributed by atoms with Crippen LogP contribution in [0.2, 0.25) is 0 Å². The topological polar surface area (TPSA) is 127 Å². The van der Waals surface area contributed by atoms with Crippen LogP contribution in [0, 0.1) is 5.92 Å². The molecule has 1 heterocycles. The fraction of sp³-hybridized carbons (Fsp3) is 0.577. The number of carbonyl (C=O) groups is 3. The summed E-state index contributed by atoms with van der Waals surface area (Å²) in [5.74, 6) is 0.217. The normalized spacial score (nSPS) is 15.4. The molecule has 2 amide bonds. The Balaban J connectivity index is 0.00000533. The number of rotatable bonds is 12. The molecule has 1 aromatic carbocycles. The van der Waals surface area contributed by atoms with Gasteiger partial charge in [-0.05, 0) is 63.5 Å². The second-order valence-electron chi connectivity index (χ2n) is 10.2. The van der Waals surface area contributed by atoms with Gasteiger partial charge < -0.3 is 24.7 Å². The first-order chi connectivity index (χ1) is 18.1. The average molecular weight is 647 g/mol. The largest absolute Gasteiger partial charge is 0.413 e. The second-order valence-corrected chi connectivity index (χ2v) is 12.1. The Morgan fingerprint density at radius 2 is 1.79 bits per heavy atom. The molecule has 3 rings (SSSR count). The maximum atomic E-state index is 13.7. The smallest absolute Gasteiger partial charge is 0.410 e. The fourth-order valence-electron chi connectivity index (χ4n) is 4.23. The van der Waals surface area contributed by atoms with Crippen LogP contribution in [0.4, 0.5) is 4.79 Å². The first-order valence-corrected chi connectivity index (χ1v) is 14.6. The minimum atomic E-state index is -1.18. The van der Waals surface area contributed by atoms with E-state index >= 15 is 0 Å². The van der Waals surface area contributed by atoms with Crippen molar-refractivity contribution in [2.45, 2.75) is 69.2 Å². The Bertz CT molecular complexity index is 1090. The average Bonchev–Trinajstić information content (AvgIpc) is 3.33. The van der Waals surface area contributed by atoms with Crippen LogP contribution in [0.15, 0.2) is 38.4 Å². The van der Waals surface area contributed by atoms with Gasteiger partial charge in [-0.3, -0.25) is 9.59 Å². The van der Waals surface area contributed by atoms with Crippen molar-refractivity contribution in [3.8, 4) is 5.75 Å². The summed E-state index contributed by atoms with van der Waals surface area (Å²) in [4.78, 5) is 41.9. The highest BCUT2D eigenvalue weighted by molar-refractivity contribution is 9.10. The highest BCUT2D eigenvalue weighted by atomic mass is 79.9. The molecule has 1 fully saturated rings. The molecule has 1 unspecified atom stereocenters. The molecule has 2 N–H and O–H groups in total. The van der Waals surface area contributed by atoms with Gasteiger partial charge in [0.1, 0.15) is 11.3 Å². The van der Waals surface area contributed by atoms with E-state index in [-0.39, 0.29) is 24.2 Å². The van der Waals surface area contributed by atoms with Gasteiger partial charge in [-0.25, -0.2) is 4.79 Å². The van der Waals surface area contributed by atoms with E-state index in [1.54, 1.807) is 24.3 Å². The van der Waals surface area contributed by atoms with Crippen LogP contribution in [0.1, 0.15) is 63.1 Å². The summed E-state index contributed by atoms with van der Waals surface area (Å²) >= 11 is 4.72. The van der Waals surface area contributed by atoms with E-state index in [4.69, 9.17) is 9.15 Å². The summed E-state index contributed by atoms with van der Waals surface area (Å²) in [5, 5.41) is 13.9. The van der Waals surface area contributed by atoms with Crippen LogP contribution < -0.4 is 15.4 Å². The van der Waals surface area contributed by atoms with Crippen molar-refractivity contribution in [1.82, 2.24) is 25.7 Å². The fourth-order valence-corrected chi connectivity index (χ4v) is 5.36. The molecule has 0 saturated heterocycles. The maximum absolute atomic E-state index is 13.7. The van der Waals surface area contributed by atoms with Gasteiger partial charge in [0.05, 0.1) is 6.04 Å². The van der Waals surface area contributed by atoms with Gasteiger partial charge >= 0.3 is 6.09 Å². The van der Waals surface area contributed by atoms with Crippen molar-refractivity contribution >= 4 is 57.9 Å². The Hall–Kier alpha value is -2.15. The lowest BCUT2D eigenvalue weighted by molar-refractivity contribution is -0.129. The Kier molecular flexibility index (Phi) is 13.2. The number of hydrogen-bond donors (Lipinski definition) is 2. The Labute approximate surface area is 248 Å². The molecule has 216 valence electrons. The van der Waals surface area contributed by atoms with E-state index in [0.29, 0.717) is 30.2 Å². The number of hydrogen-bond acceptors (Lipinski definition) is 9. The summed E-state index contributed by atoms with van der Waals surface area (Å²) in [6, 6.07) is 5.97. The second kappa shape index (κ2) is 15.6. The number of nitrogens with one attached hydrogen (secondary N) is 2. The maximum Gasteiger partial charge on any atom is 0.413 e. The van der Waals surface area contributed by atoms with E-state index in [2.05, 4.69) is 36.8 Å². The van der Waals surface area contributed by atoms with E-state index in [1.807, 2.05) is 32.8 Å². The molecule has 1 aliphatic rings. The van der Waals surface area contributed by atoms with Gasteiger partial charge in [-0.15, -0.1) is 22.6 Å². The molecule has 1 atom stereocenters. The van der Waals surface area contributed by atoms with Crippen LogP contribution in [0.3, 0.4) is 0 Å². The van der Waals surface area contributed by atoms with Crippen LogP contribution in [0.5, 0.6) is 5.75 Å². The van der Waals surface area contributed by atoms with Crippen molar-refractivity contribution in [2.24, 2.45) is 5.92 Å². The molecular formula is C26H37BrClN5O5S. The van der Waals surface area contributed by atoms with Gasteiger partial charge in [0, 0.05) is 16.8 Å². The van der Waals surface area contributed by atoms with Crippen LogP contribution in [-0.2, 0) is 4.79 Å². The minimum Gasteiger partial charge on any atom is -0.410 e. The number of benzene rings is 1.